The minimum Gasteiger partial charge on any atom is -0.467 e. The van der Waals surface area contributed by atoms with E-state index in [9.17, 15) is 31.1 Å². The predicted molar refractivity (Wildman–Crippen MR) is 75.9 cm³/mol. The first-order valence-electron chi connectivity index (χ1n) is 7.73. The van der Waals surface area contributed by atoms with Crippen molar-refractivity contribution in [2.24, 2.45) is 5.92 Å². The Morgan fingerprint density at radius 2 is 1.78 bits per heavy atom. The van der Waals surface area contributed by atoms with Gasteiger partial charge in [-0.25, -0.2) is 9.18 Å². The fourth-order valence-corrected chi connectivity index (χ4v) is 3.39. The molecule has 0 aromatic heterocycles. The van der Waals surface area contributed by atoms with E-state index < -0.39 is 59.3 Å². The molecule has 2 aliphatic rings. The molecule has 0 saturated carbocycles. The SMILES string of the molecule is COC(=O)C1OC(C)(C(F)(F)F)C(C)C1c1ccc(F)c2c1OC(F)(F)O2. The summed E-state index contributed by atoms with van der Waals surface area (Å²) in [5.74, 6) is -6.88. The Morgan fingerprint density at radius 3 is 2.33 bits per heavy atom. The largest absolute Gasteiger partial charge is 0.586 e. The van der Waals surface area contributed by atoms with Gasteiger partial charge in [0.15, 0.2) is 23.3 Å². The Balaban J connectivity index is 2.15. The van der Waals surface area contributed by atoms with Crippen LogP contribution in [0.15, 0.2) is 12.1 Å². The topological polar surface area (TPSA) is 54.0 Å². The molecule has 5 nitrogen and oxygen atoms in total. The normalized spacial score (nSPS) is 31.8. The van der Waals surface area contributed by atoms with E-state index in [0.29, 0.717) is 0 Å². The smallest absolute Gasteiger partial charge is 0.467 e. The molecule has 4 unspecified atom stereocenters. The molecule has 1 aromatic rings. The van der Waals surface area contributed by atoms with Crippen molar-refractivity contribution in [2.45, 2.75) is 43.9 Å². The van der Waals surface area contributed by atoms with Crippen molar-refractivity contribution < 1.29 is 50.1 Å². The van der Waals surface area contributed by atoms with Gasteiger partial charge in [-0.05, 0) is 13.0 Å². The van der Waals surface area contributed by atoms with E-state index >= 15 is 0 Å². The summed E-state index contributed by atoms with van der Waals surface area (Å²) in [5.41, 5.74) is -3.06. The first-order chi connectivity index (χ1) is 12.3. The molecule has 1 saturated heterocycles. The van der Waals surface area contributed by atoms with E-state index in [2.05, 4.69) is 14.2 Å². The van der Waals surface area contributed by atoms with E-state index in [4.69, 9.17) is 4.74 Å². The molecule has 1 aromatic carbocycles. The zero-order valence-electron chi connectivity index (χ0n) is 14.2. The molecule has 2 heterocycles. The number of halogens is 6. The van der Waals surface area contributed by atoms with Crippen LogP contribution in [0, 0.1) is 11.7 Å². The minimum absolute atomic E-state index is 0.278. The first-order valence-corrected chi connectivity index (χ1v) is 7.73. The predicted octanol–water partition coefficient (Wildman–Crippen LogP) is 3.76. The molecule has 0 radical (unpaired) electrons. The number of alkyl halides is 5. The highest BCUT2D eigenvalue weighted by atomic mass is 19.4. The van der Waals surface area contributed by atoms with Gasteiger partial charge >= 0.3 is 18.4 Å². The van der Waals surface area contributed by atoms with E-state index in [1.807, 2.05) is 0 Å². The molecule has 0 N–H and O–H groups in total. The molecule has 11 heteroatoms. The van der Waals surface area contributed by atoms with E-state index in [1.54, 1.807) is 0 Å². The maximum absolute atomic E-state index is 13.8. The molecule has 150 valence electrons. The number of carbonyl (C=O) groups excluding carboxylic acids is 1. The number of hydrogen-bond acceptors (Lipinski definition) is 5. The lowest BCUT2D eigenvalue weighted by Crippen LogP contribution is -2.47. The molecular weight excluding hydrogens is 386 g/mol. The van der Waals surface area contributed by atoms with Crippen molar-refractivity contribution in [3.05, 3.63) is 23.5 Å². The number of methoxy groups -OCH3 is 1. The number of hydrogen-bond donors (Lipinski definition) is 0. The Morgan fingerprint density at radius 1 is 1.19 bits per heavy atom. The third-order valence-electron chi connectivity index (χ3n) is 5.00. The van der Waals surface area contributed by atoms with E-state index in [-0.39, 0.29) is 5.56 Å². The van der Waals surface area contributed by atoms with Crippen LogP contribution in [0.2, 0.25) is 0 Å². The first kappa shape index (κ1) is 19.6. The molecule has 0 aliphatic carbocycles. The standard InChI is InChI=1S/C16H14F6O5/c1-6-9(12(13(23)24-3)25-14(6,2)15(18,19)20)7-4-5-8(17)11-10(7)26-16(21,22)27-11/h4-6,9,12H,1-3H3. The molecule has 0 amide bonds. The highest BCUT2D eigenvalue weighted by molar-refractivity contribution is 5.77. The summed E-state index contributed by atoms with van der Waals surface area (Å²) in [6.07, 6.45) is -10.8. The summed E-state index contributed by atoms with van der Waals surface area (Å²) in [6.45, 7) is 1.88. The summed E-state index contributed by atoms with van der Waals surface area (Å²) in [7, 11) is 0.944. The molecule has 0 bridgehead atoms. The third kappa shape index (κ3) is 2.88. The van der Waals surface area contributed by atoms with Gasteiger partial charge in [0.2, 0.25) is 5.75 Å². The number of ether oxygens (including phenoxy) is 4. The molecule has 2 aliphatic heterocycles. The summed E-state index contributed by atoms with van der Waals surface area (Å²) in [6, 6.07) is 1.70. The Hall–Kier alpha value is -2.17. The highest BCUT2D eigenvalue weighted by Gasteiger charge is 2.66. The molecule has 3 rings (SSSR count). The average Bonchev–Trinajstić information content (AvgIpc) is 3.03. The van der Waals surface area contributed by atoms with Gasteiger partial charge in [0, 0.05) is 17.4 Å². The lowest BCUT2D eigenvalue weighted by molar-refractivity contribution is -0.287. The van der Waals surface area contributed by atoms with Crippen molar-refractivity contribution in [2.75, 3.05) is 7.11 Å². The van der Waals surface area contributed by atoms with Crippen LogP contribution in [0.5, 0.6) is 11.5 Å². The second kappa shape index (κ2) is 5.91. The maximum Gasteiger partial charge on any atom is 0.586 e. The van der Waals surface area contributed by atoms with Crippen molar-refractivity contribution in [1.82, 2.24) is 0 Å². The third-order valence-corrected chi connectivity index (χ3v) is 5.00. The van der Waals surface area contributed by atoms with Gasteiger partial charge in [-0.1, -0.05) is 13.0 Å². The van der Waals surface area contributed by atoms with Gasteiger partial charge in [-0.3, -0.25) is 0 Å². The van der Waals surface area contributed by atoms with Crippen LogP contribution in [0.3, 0.4) is 0 Å². The number of carbonyl (C=O) groups is 1. The van der Waals surface area contributed by atoms with Gasteiger partial charge in [-0.2, -0.15) is 13.2 Å². The van der Waals surface area contributed by atoms with Crippen molar-refractivity contribution >= 4 is 5.97 Å². The fraction of sp³-hybridized carbons (Fsp3) is 0.562. The quantitative estimate of drug-likeness (QED) is 0.559. The van der Waals surface area contributed by atoms with Crippen LogP contribution >= 0.6 is 0 Å². The van der Waals surface area contributed by atoms with E-state index in [0.717, 1.165) is 33.1 Å². The molecule has 1 fully saturated rings. The van der Waals surface area contributed by atoms with Crippen molar-refractivity contribution in [1.29, 1.82) is 0 Å². The van der Waals surface area contributed by atoms with Crippen LogP contribution < -0.4 is 9.47 Å². The number of benzene rings is 1. The van der Waals surface area contributed by atoms with Crippen LogP contribution in [0.4, 0.5) is 26.3 Å². The maximum atomic E-state index is 13.8. The van der Waals surface area contributed by atoms with E-state index in [1.165, 1.54) is 0 Å². The Bertz CT molecular complexity index is 779. The molecular formula is C16H14F6O5. The van der Waals surface area contributed by atoms with Crippen LogP contribution in [-0.2, 0) is 14.3 Å². The monoisotopic (exact) mass is 400 g/mol. The summed E-state index contributed by atoms with van der Waals surface area (Å²) in [5, 5.41) is 0. The van der Waals surface area contributed by atoms with Crippen LogP contribution in [-0.4, -0.2) is 37.3 Å². The summed E-state index contributed by atoms with van der Waals surface area (Å²) < 4.78 is 99.3. The molecule has 0 spiro atoms. The zero-order chi connectivity index (χ0) is 20.4. The number of rotatable bonds is 2. The number of esters is 1. The van der Waals surface area contributed by atoms with Crippen LogP contribution in [0.1, 0.15) is 25.3 Å². The lowest BCUT2D eigenvalue weighted by Gasteiger charge is -2.31. The lowest BCUT2D eigenvalue weighted by atomic mass is 9.77. The minimum atomic E-state index is -4.88. The molecule has 4 atom stereocenters. The van der Waals surface area contributed by atoms with Gasteiger partial charge in [0.1, 0.15) is 0 Å². The second-order valence-corrected chi connectivity index (χ2v) is 6.44. The number of fused-ring (bicyclic) bond motifs is 1. The summed E-state index contributed by atoms with van der Waals surface area (Å²) in [4.78, 5) is 12.0. The van der Waals surface area contributed by atoms with Gasteiger partial charge in [-0.15, -0.1) is 8.78 Å². The van der Waals surface area contributed by atoms with Crippen molar-refractivity contribution in [3.63, 3.8) is 0 Å². The van der Waals surface area contributed by atoms with Crippen molar-refractivity contribution in [3.8, 4) is 11.5 Å². The Labute approximate surface area is 149 Å². The highest BCUT2D eigenvalue weighted by Crippen LogP contribution is 2.57. The fourth-order valence-electron chi connectivity index (χ4n) is 3.39. The second-order valence-electron chi connectivity index (χ2n) is 6.44. The van der Waals surface area contributed by atoms with Crippen LogP contribution in [0.25, 0.3) is 0 Å². The Kier molecular flexibility index (Phi) is 4.29. The van der Waals surface area contributed by atoms with Gasteiger partial charge in [0.25, 0.3) is 0 Å². The van der Waals surface area contributed by atoms with Gasteiger partial charge < -0.3 is 18.9 Å². The zero-order valence-corrected chi connectivity index (χ0v) is 14.2. The average molecular weight is 400 g/mol. The molecule has 27 heavy (non-hydrogen) atoms. The van der Waals surface area contributed by atoms with Gasteiger partial charge in [0.05, 0.1) is 7.11 Å². The summed E-state index contributed by atoms with van der Waals surface area (Å²) >= 11 is 0.